The maximum atomic E-state index is 12.6. The van der Waals surface area contributed by atoms with Crippen LogP contribution in [0.1, 0.15) is 39.1 Å². The molecule has 0 aliphatic carbocycles. The molecule has 166 valence electrons. The number of halogens is 3. The zero-order valence-electron chi connectivity index (χ0n) is 17.3. The Morgan fingerprint density at radius 1 is 0.625 bits per heavy atom. The predicted octanol–water partition coefficient (Wildman–Crippen LogP) is 5.31. The molecule has 0 aliphatic rings. The average Bonchev–Trinajstić information content (AvgIpc) is 2.81. The fourth-order valence-corrected chi connectivity index (χ4v) is 3.11. The second kappa shape index (κ2) is 10.6. The predicted molar refractivity (Wildman–Crippen MR) is 117 cm³/mol. The number of carbonyl (C=O) groups is 2. The van der Waals surface area contributed by atoms with Gasteiger partial charge in [0.15, 0.2) is 0 Å². The molecule has 2 amide bonds. The molecule has 32 heavy (non-hydrogen) atoms. The van der Waals surface area contributed by atoms with E-state index >= 15 is 0 Å². The van der Waals surface area contributed by atoms with Gasteiger partial charge in [0.1, 0.15) is 0 Å². The monoisotopic (exact) mass is 440 g/mol. The first-order valence-corrected chi connectivity index (χ1v) is 10.2. The molecule has 0 radical (unpaired) electrons. The normalized spacial score (nSPS) is 11.1. The molecule has 0 fully saturated rings. The molecule has 0 atom stereocenters. The van der Waals surface area contributed by atoms with E-state index in [4.69, 9.17) is 0 Å². The third-order valence-electron chi connectivity index (χ3n) is 4.90. The average molecular weight is 440 g/mol. The molecule has 0 aliphatic heterocycles. The van der Waals surface area contributed by atoms with Crippen LogP contribution in [0.4, 0.5) is 13.2 Å². The molecule has 0 unspecified atom stereocenters. The van der Waals surface area contributed by atoms with Crippen LogP contribution in [0.3, 0.4) is 0 Å². The summed E-state index contributed by atoms with van der Waals surface area (Å²) in [5.41, 5.74) is 2.06. The van der Waals surface area contributed by atoms with Crippen molar-refractivity contribution < 1.29 is 22.8 Å². The molecule has 3 rings (SSSR count). The molecule has 3 aromatic carbocycles. The summed E-state index contributed by atoms with van der Waals surface area (Å²) < 4.78 is 37.7. The first-order valence-electron chi connectivity index (χ1n) is 10.2. The molecule has 0 saturated carbocycles. The fourth-order valence-electron chi connectivity index (χ4n) is 3.11. The van der Waals surface area contributed by atoms with Crippen LogP contribution in [-0.4, -0.2) is 24.9 Å². The van der Waals surface area contributed by atoms with Gasteiger partial charge in [-0.2, -0.15) is 13.2 Å². The van der Waals surface area contributed by atoms with Crippen LogP contribution in [0.2, 0.25) is 0 Å². The van der Waals surface area contributed by atoms with Crippen LogP contribution in [-0.2, 0) is 6.18 Å². The lowest BCUT2D eigenvalue weighted by atomic mass is 10.0. The van der Waals surface area contributed by atoms with Crippen molar-refractivity contribution in [3.8, 4) is 11.1 Å². The van der Waals surface area contributed by atoms with Gasteiger partial charge in [0, 0.05) is 24.2 Å². The maximum absolute atomic E-state index is 12.6. The zero-order chi connectivity index (χ0) is 23.0. The summed E-state index contributed by atoms with van der Waals surface area (Å²) in [4.78, 5) is 24.3. The lowest BCUT2D eigenvalue weighted by Gasteiger charge is -2.09. The number of benzene rings is 3. The molecule has 3 aromatic rings. The number of hydrogen-bond donors (Lipinski definition) is 2. The topological polar surface area (TPSA) is 58.2 Å². The van der Waals surface area contributed by atoms with Gasteiger partial charge in [-0.15, -0.1) is 0 Å². The Bertz CT molecular complexity index is 1030. The third-order valence-corrected chi connectivity index (χ3v) is 4.90. The molecule has 0 spiro atoms. The number of unbranched alkanes of at least 4 members (excludes halogenated alkanes) is 1. The quantitative estimate of drug-likeness (QED) is 0.466. The van der Waals surface area contributed by atoms with Crippen LogP contribution in [0.15, 0.2) is 78.9 Å². The van der Waals surface area contributed by atoms with Crippen molar-refractivity contribution in [3.05, 3.63) is 95.6 Å². The van der Waals surface area contributed by atoms with Gasteiger partial charge in [-0.1, -0.05) is 42.5 Å². The number of rotatable bonds is 8. The van der Waals surface area contributed by atoms with E-state index in [1.165, 1.54) is 0 Å². The van der Waals surface area contributed by atoms with Crippen molar-refractivity contribution >= 4 is 11.8 Å². The number of amides is 2. The third kappa shape index (κ3) is 6.44. The number of nitrogens with one attached hydrogen (secondary N) is 2. The van der Waals surface area contributed by atoms with Crippen LogP contribution < -0.4 is 10.6 Å². The van der Waals surface area contributed by atoms with Crippen LogP contribution in [0, 0.1) is 0 Å². The van der Waals surface area contributed by atoms with Gasteiger partial charge in [-0.05, 0) is 60.4 Å². The van der Waals surface area contributed by atoms with E-state index in [9.17, 15) is 22.8 Å². The fraction of sp³-hybridized carbons (Fsp3) is 0.200. The minimum absolute atomic E-state index is 0.168. The van der Waals surface area contributed by atoms with E-state index in [1.807, 2.05) is 42.5 Å². The van der Waals surface area contributed by atoms with Gasteiger partial charge in [0.05, 0.1) is 5.56 Å². The molecular formula is C25H23F3N2O2. The van der Waals surface area contributed by atoms with Crippen molar-refractivity contribution in [2.24, 2.45) is 0 Å². The first kappa shape index (κ1) is 23.1. The molecule has 0 saturated heterocycles. The summed E-state index contributed by atoms with van der Waals surface area (Å²) in [5.74, 6) is -0.598. The highest BCUT2D eigenvalue weighted by Gasteiger charge is 2.30. The Hall–Kier alpha value is -3.61. The number of alkyl halides is 3. The Morgan fingerprint density at radius 3 is 1.53 bits per heavy atom. The Labute approximate surface area is 184 Å². The standard InChI is InChI=1S/C25H23F3N2O2/c26-25(27,28)22-14-12-21(13-15-22)24(32)30-17-5-4-16-29-23(31)20-10-8-19(9-11-20)18-6-2-1-3-7-18/h1-3,6-15H,4-5,16-17H2,(H,29,31)(H,30,32). The van der Waals surface area contributed by atoms with Gasteiger partial charge < -0.3 is 10.6 Å². The Balaban J connectivity index is 1.35. The summed E-state index contributed by atoms with van der Waals surface area (Å²) in [7, 11) is 0. The summed E-state index contributed by atoms with van der Waals surface area (Å²) >= 11 is 0. The molecular weight excluding hydrogens is 417 g/mol. The summed E-state index contributed by atoms with van der Waals surface area (Å²) in [6, 6.07) is 21.3. The van der Waals surface area contributed by atoms with Gasteiger partial charge in [-0.25, -0.2) is 0 Å². The summed E-state index contributed by atoms with van der Waals surface area (Å²) in [6.07, 6.45) is -3.15. The lowest BCUT2D eigenvalue weighted by Crippen LogP contribution is -2.27. The molecule has 0 heterocycles. The van der Waals surface area contributed by atoms with E-state index in [1.54, 1.807) is 12.1 Å². The highest BCUT2D eigenvalue weighted by Crippen LogP contribution is 2.29. The minimum atomic E-state index is -4.43. The van der Waals surface area contributed by atoms with Crippen molar-refractivity contribution in [2.45, 2.75) is 19.0 Å². The Morgan fingerprint density at radius 2 is 1.06 bits per heavy atom. The van der Waals surface area contributed by atoms with Crippen molar-refractivity contribution in [1.82, 2.24) is 10.6 Å². The van der Waals surface area contributed by atoms with Gasteiger partial charge in [0.25, 0.3) is 11.8 Å². The summed E-state index contributed by atoms with van der Waals surface area (Å²) in [6.45, 7) is 0.816. The van der Waals surface area contributed by atoms with Crippen LogP contribution in [0.25, 0.3) is 11.1 Å². The van der Waals surface area contributed by atoms with E-state index in [2.05, 4.69) is 10.6 Å². The first-order chi connectivity index (χ1) is 15.3. The second-order valence-electron chi connectivity index (χ2n) is 7.24. The second-order valence-corrected chi connectivity index (χ2v) is 7.24. The minimum Gasteiger partial charge on any atom is -0.352 e. The molecule has 4 nitrogen and oxygen atoms in total. The highest BCUT2D eigenvalue weighted by atomic mass is 19.4. The highest BCUT2D eigenvalue weighted by molar-refractivity contribution is 5.95. The van der Waals surface area contributed by atoms with Gasteiger partial charge in [-0.3, -0.25) is 9.59 Å². The van der Waals surface area contributed by atoms with Gasteiger partial charge in [0.2, 0.25) is 0 Å². The molecule has 0 aromatic heterocycles. The van der Waals surface area contributed by atoms with Gasteiger partial charge >= 0.3 is 6.18 Å². The number of carbonyl (C=O) groups excluding carboxylic acids is 2. The van der Waals surface area contributed by atoms with E-state index in [0.717, 1.165) is 35.4 Å². The Kier molecular flexibility index (Phi) is 7.65. The summed E-state index contributed by atoms with van der Waals surface area (Å²) in [5, 5.41) is 5.51. The molecule has 0 bridgehead atoms. The largest absolute Gasteiger partial charge is 0.416 e. The van der Waals surface area contributed by atoms with Crippen LogP contribution >= 0.6 is 0 Å². The van der Waals surface area contributed by atoms with Crippen molar-refractivity contribution in [2.75, 3.05) is 13.1 Å². The smallest absolute Gasteiger partial charge is 0.352 e. The van der Waals surface area contributed by atoms with Crippen molar-refractivity contribution in [1.29, 1.82) is 0 Å². The van der Waals surface area contributed by atoms with E-state index in [0.29, 0.717) is 31.5 Å². The van der Waals surface area contributed by atoms with Crippen molar-refractivity contribution in [3.63, 3.8) is 0 Å². The zero-order valence-corrected chi connectivity index (χ0v) is 17.3. The number of hydrogen-bond acceptors (Lipinski definition) is 2. The molecule has 2 N–H and O–H groups in total. The SMILES string of the molecule is O=C(NCCCCNC(=O)c1ccc(C(F)(F)F)cc1)c1ccc(-c2ccccc2)cc1. The maximum Gasteiger partial charge on any atom is 0.416 e. The van der Waals surface area contributed by atoms with E-state index in [-0.39, 0.29) is 11.5 Å². The molecule has 7 heteroatoms. The van der Waals surface area contributed by atoms with Crippen LogP contribution in [0.5, 0.6) is 0 Å². The van der Waals surface area contributed by atoms with E-state index < -0.39 is 17.6 Å². The lowest BCUT2D eigenvalue weighted by molar-refractivity contribution is -0.137.